The summed E-state index contributed by atoms with van der Waals surface area (Å²) in [7, 11) is 4.52. The van der Waals surface area contributed by atoms with Crippen LogP contribution in [-0.2, 0) is 5.82 Å². The number of benzene rings is 1. The molecule has 0 spiro atoms. The molecule has 0 bridgehead atoms. The lowest BCUT2D eigenvalue weighted by atomic mass is 9.91. The number of hydrogen-bond donors (Lipinski definition) is 0. The van der Waals surface area contributed by atoms with Gasteiger partial charge in [0.1, 0.15) is 0 Å². The van der Waals surface area contributed by atoms with E-state index in [4.69, 9.17) is 0 Å². The summed E-state index contributed by atoms with van der Waals surface area (Å²) in [6.45, 7) is 0. The zero-order valence-electron chi connectivity index (χ0n) is 5.22. The summed E-state index contributed by atoms with van der Waals surface area (Å²) in [5.41, 5.74) is -0.157. The van der Waals surface area contributed by atoms with Crippen LogP contribution in [0.2, 0.25) is 0 Å². The van der Waals surface area contributed by atoms with Crippen molar-refractivity contribution < 1.29 is 8.78 Å². The van der Waals surface area contributed by atoms with Gasteiger partial charge in [-0.15, -0.1) is 0 Å². The minimum absolute atomic E-state index is 0.157. The zero-order valence-corrected chi connectivity index (χ0v) is 5.22. The molecule has 1 aromatic rings. The van der Waals surface area contributed by atoms with Crippen molar-refractivity contribution in [1.82, 2.24) is 0 Å². The highest BCUT2D eigenvalue weighted by Crippen LogP contribution is 2.22. The average Bonchev–Trinajstić information content (AvgIpc) is 1.88. The Kier molecular flexibility index (Phi) is 1.75. The van der Waals surface area contributed by atoms with Gasteiger partial charge in [0.2, 0.25) is 5.82 Å². The third-order valence-corrected chi connectivity index (χ3v) is 1.16. The SMILES string of the molecule is [B]C(F)(F)c1ccccc1. The van der Waals surface area contributed by atoms with Gasteiger partial charge in [-0.3, -0.25) is 0 Å². The molecule has 10 heavy (non-hydrogen) atoms. The molecule has 0 aromatic heterocycles. The smallest absolute Gasteiger partial charge is 0.214 e. The fourth-order valence-electron chi connectivity index (χ4n) is 0.660. The summed E-state index contributed by atoms with van der Waals surface area (Å²) in [6, 6.07) is 7.29. The topological polar surface area (TPSA) is 0 Å². The van der Waals surface area contributed by atoms with Crippen LogP contribution in [0.15, 0.2) is 30.3 Å². The molecule has 0 aliphatic carbocycles. The Bertz CT molecular complexity index is 203. The fourth-order valence-corrected chi connectivity index (χ4v) is 0.660. The third-order valence-electron chi connectivity index (χ3n) is 1.16. The quantitative estimate of drug-likeness (QED) is 0.519. The van der Waals surface area contributed by atoms with Gasteiger partial charge in [-0.1, -0.05) is 30.3 Å². The summed E-state index contributed by atoms with van der Waals surface area (Å²) in [5.74, 6) is -3.21. The molecule has 0 heterocycles. The molecule has 2 radical (unpaired) electrons. The molecule has 0 amide bonds. The second-order valence-electron chi connectivity index (χ2n) is 1.99. The van der Waals surface area contributed by atoms with Crippen LogP contribution in [0.3, 0.4) is 0 Å². The molecule has 0 nitrogen and oxygen atoms in total. The van der Waals surface area contributed by atoms with Crippen molar-refractivity contribution in [2.45, 2.75) is 5.82 Å². The Morgan fingerprint density at radius 1 is 1.10 bits per heavy atom. The van der Waals surface area contributed by atoms with E-state index in [1.807, 2.05) is 0 Å². The molecule has 0 unspecified atom stereocenters. The van der Waals surface area contributed by atoms with Gasteiger partial charge in [0, 0.05) is 5.56 Å². The van der Waals surface area contributed by atoms with Gasteiger partial charge in [-0.2, -0.15) is 0 Å². The Morgan fingerprint density at radius 3 is 1.90 bits per heavy atom. The first-order valence-corrected chi connectivity index (χ1v) is 2.83. The molecular formula is C7H5BF2. The molecule has 3 heteroatoms. The van der Waals surface area contributed by atoms with Crippen molar-refractivity contribution in [2.24, 2.45) is 0 Å². The summed E-state index contributed by atoms with van der Waals surface area (Å²) >= 11 is 0. The fraction of sp³-hybridized carbons (Fsp3) is 0.143. The van der Waals surface area contributed by atoms with E-state index in [0.717, 1.165) is 0 Å². The Hall–Kier alpha value is -0.855. The molecule has 0 saturated carbocycles. The van der Waals surface area contributed by atoms with Gasteiger partial charge < -0.3 is 0 Å². The number of halogens is 2. The molecule has 1 aromatic carbocycles. The zero-order chi connectivity index (χ0) is 7.61. The molecule has 1 rings (SSSR count). The second-order valence-corrected chi connectivity index (χ2v) is 1.99. The van der Waals surface area contributed by atoms with E-state index in [0.29, 0.717) is 0 Å². The van der Waals surface area contributed by atoms with Crippen LogP contribution in [0.5, 0.6) is 0 Å². The molecule has 0 fully saturated rings. The number of rotatable bonds is 1. The largest absolute Gasteiger partial charge is 0.224 e. The highest BCUT2D eigenvalue weighted by Gasteiger charge is 2.22. The number of alkyl halides is 2. The summed E-state index contributed by atoms with van der Waals surface area (Å²) < 4.78 is 24.5. The number of hydrogen-bond acceptors (Lipinski definition) is 0. The molecule has 0 aliphatic rings. The standard InChI is InChI=1S/C7H5BF2/c8-7(9,10)6-4-2-1-3-5-6/h1-5H. The molecule has 0 saturated heterocycles. The first-order valence-electron chi connectivity index (χ1n) is 2.83. The van der Waals surface area contributed by atoms with E-state index >= 15 is 0 Å². The van der Waals surface area contributed by atoms with Gasteiger partial charge in [0.05, 0.1) is 0 Å². The van der Waals surface area contributed by atoms with E-state index in [9.17, 15) is 8.78 Å². The summed E-state index contributed by atoms with van der Waals surface area (Å²) in [5, 5.41) is 0. The lowest BCUT2D eigenvalue weighted by Gasteiger charge is -2.09. The van der Waals surface area contributed by atoms with E-state index in [-0.39, 0.29) is 5.56 Å². The van der Waals surface area contributed by atoms with E-state index in [1.54, 1.807) is 6.07 Å². The van der Waals surface area contributed by atoms with Crippen molar-refractivity contribution in [2.75, 3.05) is 0 Å². The van der Waals surface area contributed by atoms with E-state index in [2.05, 4.69) is 7.85 Å². The van der Waals surface area contributed by atoms with Crippen molar-refractivity contribution in [3.63, 3.8) is 0 Å². The van der Waals surface area contributed by atoms with Crippen LogP contribution in [0.1, 0.15) is 5.56 Å². The Balaban J connectivity index is 2.97. The van der Waals surface area contributed by atoms with Crippen molar-refractivity contribution in [1.29, 1.82) is 0 Å². The van der Waals surface area contributed by atoms with Crippen molar-refractivity contribution in [3.8, 4) is 0 Å². The molecular weight excluding hydrogens is 133 g/mol. The molecule has 50 valence electrons. The van der Waals surface area contributed by atoms with Crippen LogP contribution in [-0.4, -0.2) is 7.85 Å². The highest BCUT2D eigenvalue weighted by atomic mass is 19.3. The van der Waals surface area contributed by atoms with Crippen molar-refractivity contribution in [3.05, 3.63) is 35.9 Å². The predicted molar refractivity (Wildman–Crippen MR) is 36.1 cm³/mol. The maximum absolute atomic E-state index is 12.2. The van der Waals surface area contributed by atoms with Gasteiger partial charge in [-0.05, 0) is 0 Å². The van der Waals surface area contributed by atoms with Crippen LogP contribution in [0.4, 0.5) is 8.78 Å². The summed E-state index contributed by atoms with van der Waals surface area (Å²) in [6.07, 6.45) is 0. The predicted octanol–water partition coefficient (Wildman–Crippen LogP) is 1.90. The highest BCUT2D eigenvalue weighted by molar-refractivity contribution is 6.13. The second kappa shape index (κ2) is 2.41. The van der Waals surface area contributed by atoms with E-state index < -0.39 is 5.82 Å². The third kappa shape index (κ3) is 1.56. The Labute approximate surface area is 59.3 Å². The molecule has 0 N–H and O–H groups in total. The minimum Gasteiger partial charge on any atom is -0.214 e. The van der Waals surface area contributed by atoms with Gasteiger partial charge in [0.15, 0.2) is 7.85 Å². The Morgan fingerprint density at radius 2 is 1.60 bits per heavy atom. The minimum atomic E-state index is -3.21. The van der Waals surface area contributed by atoms with E-state index in [1.165, 1.54) is 24.3 Å². The monoisotopic (exact) mass is 138 g/mol. The first-order chi connectivity index (χ1) is 4.61. The van der Waals surface area contributed by atoms with Gasteiger partial charge >= 0.3 is 0 Å². The van der Waals surface area contributed by atoms with Crippen molar-refractivity contribution >= 4 is 7.85 Å². The summed E-state index contributed by atoms with van der Waals surface area (Å²) in [4.78, 5) is 0. The van der Waals surface area contributed by atoms with Gasteiger partial charge in [-0.25, -0.2) is 8.78 Å². The maximum Gasteiger partial charge on any atom is 0.224 e. The van der Waals surface area contributed by atoms with Crippen LogP contribution < -0.4 is 0 Å². The lowest BCUT2D eigenvalue weighted by molar-refractivity contribution is 0.0941. The maximum atomic E-state index is 12.2. The first kappa shape index (κ1) is 7.25. The average molecular weight is 138 g/mol. The van der Waals surface area contributed by atoms with Crippen LogP contribution >= 0.6 is 0 Å². The van der Waals surface area contributed by atoms with Crippen LogP contribution in [0, 0.1) is 0 Å². The van der Waals surface area contributed by atoms with Crippen LogP contribution in [0.25, 0.3) is 0 Å². The lowest BCUT2D eigenvalue weighted by Crippen LogP contribution is -2.11. The molecule has 0 atom stereocenters. The normalized spacial score (nSPS) is 11.4. The molecule has 0 aliphatic heterocycles. The van der Waals surface area contributed by atoms with Gasteiger partial charge in [0.25, 0.3) is 0 Å².